The van der Waals surface area contributed by atoms with Crippen LogP contribution >= 0.6 is 23.4 Å². The van der Waals surface area contributed by atoms with Gasteiger partial charge in [-0.1, -0.05) is 11.6 Å². The van der Waals surface area contributed by atoms with Crippen molar-refractivity contribution in [3.63, 3.8) is 0 Å². The first-order valence-electron chi connectivity index (χ1n) is 6.00. The highest BCUT2D eigenvalue weighted by molar-refractivity contribution is 7.99. The summed E-state index contributed by atoms with van der Waals surface area (Å²) in [6, 6.07) is 3.51. The minimum absolute atomic E-state index is 0.0694. The quantitative estimate of drug-likeness (QED) is 0.926. The zero-order chi connectivity index (χ0) is 13.0. The van der Waals surface area contributed by atoms with Crippen LogP contribution < -0.4 is 5.32 Å². The fraction of sp³-hybridized carbons (Fsp3) is 0.500. The van der Waals surface area contributed by atoms with Crippen LogP contribution in [0.4, 0.5) is 5.82 Å². The van der Waals surface area contributed by atoms with Gasteiger partial charge in [0.05, 0.1) is 5.02 Å². The highest BCUT2D eigenvalue weighted by Crippen LogP contribution is 2.20. The van der Waals surface area contributed by atoms with E-state index in [-0.39, 0.29) is 5.91 Å². The molecule has 1 fully saturated rings. The first kappa shape index (κ1) is 13.5. The molecule has 0 aliphatic carbocycles. The molecule has 0 aromatic carbocycles. The second-order valence-corrected chi connectivity index (χ2v) is 5.59. The third kappa shape index (κ3) is 3.09. The van der Waals surface area contributed by atoms with Gasteiger partial charge < -0.3 is 10.2 Å². The summed E-state index contributed by atoms with van der Waals surface area (Å²) in [5, 5.41) is 3.50. The molecule has 1 aromatic rings. The summed E-state index contributed by atoms with van der Waals surface area (Å²) in [5.74, 6) is 2.59. The molecule has 0 radical (unpaired) electrons. The number of nitrogens with one attached hydrogen (secondary N) is 1. The average Bonchev–Trinajstić information content (AvgIpc) is 2.41. The maximum atomic E-state index is 12.3. The van der Waals surface area contributed by atoms with Gasteiger partial charge in [-0.2, -0.15) is 11.8 Å². The molecule has 0 spiro atoms. The molecule has 2 heterocycles. The van der Waals surface area contributed by atoms with Gasteiger partial charge in [0.1, 0.15) is 11.5 Å². The molecule has 1 amide bonds. The SMILES string of the molecule is CCNc1ccc(Cl)c(C(=O)N2CCSCC2)n1. The van der Waals surface area contributed by atoms with E-state index in [0.29, 0.717) is 16.5 Å². The molecule has 0 bridgehead atoms. The Morgan fingerprint density at radius 1 is 1.50 bits per heavy atom. The summed E-state index contributed by atoms with van der Waals surface area (Å²) in [7, 11) is 0. The molecule has 18 heavy (non-hydrogen) atoms. The van der Waals surface area contributed by atoms with E-state index in [4.69, 9.17) is 11.6 Å². The molecule has 2 rings (SSSR count). The Kier molecular flexibility index (Phi) is 4.72. The first-order valence-corrected chi connectivity index (χ1v) is 7.53. The third-order valence-electron chi connectivity index (χ3n) is 2.70. The van der Waals surface area contributed by atoms with Crippen molar-refractivity contribution in [1.82, 2.24) is 9.88 Å². The Bertz CT molecular complexity index is 435. The molecule has 1 N–H and O–H groups in total. The Morgan fingerprint density at radius 2 is 2.22 bits per heavy atom. The van der Waals surface area contributed by atoms with E-state index in [1.807, 2.05) is 23.6 Å². The van der Waals surface area contributed by atoms with E-state index >= 15 is 0 Å². The largest absolute Gasteiger partial charge is 0.370 e. The molecule has 1 saturated heterocycles. The molecule has 6 heteroatoms. The summed E-state index contributed by atoms with van der Waals surface area (Å²) in [5.41, 5.74) is 0.349. The minimum Gasteiger partial charge on any atom is -0.370 e. The van der Waals surface area contributed by atoms with Gasteiger partial charge in [-0.3, -0.25) is 4.79 Å². The topological polar surface area (TPSA) is 45.2 Å². The van der Waals surface area contributed by atoms with Crippen LogP contribution in [0.1, 0.15) is 17.4 Å². The fourth-order valence-corrected chi connectivity index (χ4v) is 2.88. The van der Waals surface area contributed by atoms with E-state index in [2.05, 4.69) is 10.3 Å². The number of rotatable bonds is 3. The second-order valence-electron chi connectivity index (χ2n) is 3.96. The lowest BCUT2D eigenvalue weighted by molar-refractivity contribution is 0.0767. The maximum absolute atomic E-state index is 12.3. The van der Waals surface area contributed by atoms with Gasteiger partial charge in [0.15, 0.2) is 0 Å². The molecule has 0 saturated carbocycles. The lowest BCUT2D eigenvalue weighted by Crippen LogP contribution is -2.38. The maximum Gasteiger partial charge on any atom is 0.274 e. The van der Waals surface area contributed by atoms with E-state index in [1.54, 1.807) is 12.1 Å². The standard InChI is InChI=1S/C12H16ClN3OS/c1-2-14-10-4-3-9(13)11(15-10)12(17)16-5-7-18-8-6-16/h3-4H,2,5-8H2,1H3,(H,14,15). The van der Waals surface area contributed by atoms with Gasteiger partial charge in [0.2, 0.25) is 0 Å². The summed E-state index contributed by atoms with van der Waals surface area (Å²) < 4.78 is 0. The summed E-state index contributed by atoms with van der Waals surface area (Å²) in [4.78, 5) is 18.4. The lowest BCUT2D eigenvalue weighted by Gasteiger charge is -2.26. The van der Waals surface area contributed by atoms with Crippen molar-refractivity contribution in [3.8, 4) is 0 Å². The molecule has 98 valence electrons. The van der Waals surface area contributed by atoms with E-state index in [0.717, 1.165) is 31.1 Å². The second kappa shape index (κ2) is 6.29. The van der Waals surface area contributed by atoms with Gasteiger partial charge in [-0.15, -0.1) is 0 Å². The van der Waals surface area contributed by atoms with E-state index in [9.17, 15) is 4.79 Å². The van der Waals surface area contributed by atoms with Gasteiger partial charge in [-0.25, -0.2) is 4.98 Å². The zero-order valence-corrected chi connectivity index (χ0v) is 11.9. The minimum atomic E-state index is -0.0694. The van der Waals surface area contributed by atoms with Crippen LogP contribution in [-0.2, 0) is 0 Å². The van der Waals surface area contributed by atoms with Gasteiger partial charge in [0, 0.05) is 31.1 Å². The number of pyridine rings is 1. The highest BCUT2D eigenvalue weighted by Gasteiger charge is 2.22. The van der Waals surface area contributed by atoms with Crippen molar-refractivity contribution in [1.29, 1.82) is 0 Å². The van der Waals surface area contributed by atoms with E-state index in [1.165, 1.54) is 0 Å². The summed E-state index contributed by atoms with van der Waals surface area (Å²) in [6.45, 7) is 4.29. The first-order chi connectivity index (χ1) is 8.72. The molecular weight excluding hydrogens is 270 g/mol. The molecule has 1 aliphatic rings. The van der Waals surface area contributed by atoms with Crippen LogP contribution in [-0.4, -0.2) is 46.9 Å². The number of hydrogen-bond acceptors (Lipinski definition) is 4. The zero-order valence-electron chi connectivity index (χ0n) is 10.3. The predicted octanol–water partition coefficient (Wildman–Crippen LogP) is 2.36. The van der Waals surface area contributed by atoms with Gasteiger partial charge in [-0.05, 0) is 19.1 Å². The van der Waals surface area contributed by atoms with Crippen LogP contribution in [0.25, 0.3) is 0 Å². The Hall–Kier alpha value is -0.940. The Balaban J connectivity index is 2.19. The summed E-state index contributed by atoms with van der Waals surface area (Å²) >= 11 is 7.93. The van der Waals surface area contributed by atoms with Gasteiger partial charge in [0.25, 0.3) is 5.91 Å². The van der Waals surface area contributed by atoms with E-state index < -0.39 is 0 Å². The number of anilines is 1. The van der Waals surface area contributed by atoms with Crippen LogP contribution in [0.2, 0.25) is 5.02 Å². The van der Waals surface area contributed by atoms with Crippen LogP contribution in [0, 0.1) is 0 Å². The third-order valence-corrected chi connectivity index (χ3v) is 3.95. The van der Waals surface area contributed by atoms with Crippen LogP contribution in [0.5, 0.6) is 0 Å². The highest BCUT2D eigenvalue weighted by atomic mass is 35.5. The fourth-order valence-electron chi connectivity index (χ4n) is 1.79. The van der Waals surface area contributed by atoms with Gasteiger partial charge >= 0.3 is 0 Å². The normalized spacial score (nSPS) is 15.6. The molecule has 4 nitrogen and oxygen atoms in total. The lowest BCUT2D eigenvalue weighted by atomic mass is 10.3. The monoisotopic (exact) mass is 285 g/mol. The van der Waals surface area contributed by atoms with Crippen LogP contribution in [0.15, 0.2) is 12.1 Å². The smallest absolute Gasteiger partial charge is 0.274 e. The van der Waals surface area contributed by atoms with Crippen molar-refractivity contribution in [2.24, 2.45) is 0 Å². The molecule has 0 atom stereocenters. The molecular formula is C12H16ClN3OS. The van der Waals surface area contributed by atoms with Crippen molar-refractivity contribution in [2.45, 2.75) is 6.92 Å². The molecule has 1 aromatic heterocycles. The number of thioether (sulfide) groups is 1. The predicted molar refractivity (Wildman–Crippen MR) is 76.6 cm³/mol. The number of amides is 1. The van der Waals surface area contributed by atoms with Crippen molar-refractivity contribution < 1.29 is 4.79 Å². The number of nitrogens with zero attached hydrogens (tertiary/aromatic N) is 2. The molecule has 0 unspecified atom stereocenters. The van der Waals surface area contributed by atoms with Crippen LogP contribution in [0.3, 0.4) is 0 Å². The number of halogens is 1. The average molecular weight is 286 g/mol. The van der Waals surface area contributed by atoms with Crippen molar-refractivity contribution in [2.75, 3.05) is 36.5 Å². The molecule has 1 aliphatic heterocycles. The van der Waals surface area contributed by atoms with Crippen molar-refractivity contribution in [3.05, 3.63) is 22.8 Å². The number of hydrogen-bond donors (Lipinski definition) is 1. The summed E-state index contributed by atoms with van der Waals surface area (Å²) in [6.07, 6.45) is 0. The Labute approximate surface area is 116 Å². The Morgan fingerprint density at radius 3 is 2.89 bits per heavy atom. The number of carbonyl (C=O) groups is 1. The number of carbonyl (C=O) groups excluding carboxylic acids is 1. The number of aromatic nitrogens is 1. The van der Waals surface area contributed by atoms with Crippen molar-refractivity contribution >= 4 is 35.1 Å².